The van der Waals surface area contributed by atoms with Crippen LogP contribution in [-0.4, -0.2) is 25.1 Å². The molecule has 0 aliphatic heterocycles. The van der Waals surface area contributed by atoms with E-state index < -0.39 is 30.9 Å². The van der Waals surface area contributed by atoms with Gasteiger partial charge >= 0.3 is 5.97 Å². The van der Waals surface area contributed by atoms with E-state index in [1.807, 2.05) is 30.3 Å². The summed E-state index contributed by atoms with van der Waals surface area (Å²) in [7, 11) is 0. The lowest BCUT2D eigenvalue weighted by Gasteiger charge is -2.09. The molecule has 148 valence electrons. The van der Waals surface area contributed by atoms with Gasteiger partial charge in [0.25, 0.3) is 5.91 Å². The van der Waals surface area contributed by atoms with E-state index in [4.69, 9.17) is 14.2 Å². The third kappa shape index (κ3) is 6.66. The van der Waals surface area contributed by atoms with Gasteiger partial charge in [0.2, 0.25) is 0 Å². The highest BCUT2D eigenvalue weighted by molar-refractivity contribution is 5.92. The van der Waals surface area contributed by atoms with Gasteiger partial charge in [-0.05, 0) is 48.5 Å². The number of amides is 1. The van der Waals surface area contributed by atoms with Crippen molar-refractivity contribution in [1.29, 1.82) is 0 Å². The van der Waals surface area contributed by atoms with Gasteiger partial charge in [-0.1, -0.05) is 24.3 Å². The number of anilines is 1. The molecule has 6 nitrogen and oxygen atoms in total. The summed E-state index contributed by atoms with van der Waals surface area (Å²) in [5.41, 5.74) is 0.530. The van der Waals surface area contributed by atoms with Crippen molar-refractivity contribution in [3.63, 3.8) is 0 Å². The van der Waals surface area contributed by atoms with Gasteiger partial charge in [-0.15, -0.1) is 0 Å². The topological polar surface area (TPSA) is 73.9 Å². The van der Waals surface area contributed by atoms with Crippen molar-refractivity contribution in [1.82, 2.24) is 0 Å². The number of ether oxygens (including phenoxy) is 3. The average Bonchev–Trinajstić information content (AvgIpc) is 2.73. The van der Waals surface area contributed by atoms with Gasteiger partial charge in [-0.3, -0.25) is 4.79 Å². The maximum Gasteiger partial charge on any atom is 0.344 e. The second kappa shape index (κ2) is 9.89. The van der Waals surface area contributed by atoms with Crippen LogP contribution < -0.4 is 14.8 Å². The largest absolute Gasteiger partial charge is 0.482 e. The lowest BCUT2D eigenvalue weighted by molar-refractivity contribution is -0.149. The summed E-state index contributed by atoms with van der Waals surface area (Å²) in [6.45, 7) is -0.893. The van der Waals surface area contributed by atoms with Gasteiger partial charge in [0.05, 0.1) is 0 Å². The first-order valence-electron chi connectivity index (χ1n) is 8.75. The van der Waals surface area contributed by atoms with Crippen LogP contribution in [-0.2, 0) is 14.3 Å². The molecule has 0 atom stereocenters. The van der Waals surface area contributed by atoms with E-state index in [9.17, 15) is 14.0 Å². The zero-order valence-electron chi connectivity index (χ0n) is 15.3. The molecule has 3 aromatic carbocycles. The average molecular weight is 395 g/mol. The van der Waals surface area contributed by atoms with Crippen molar-refractivity contribution in [2.75, 3.05) is 18.5 Å². The molecule has 0 aliphatic rings. The van der Waals surface area contributed by atoms with E-state index in [2.05, 4.69) is 5.32 Å². The normalized spacial score (nSPS) is 10.1. The van der Waals surface area contributed by atoms with Crippen molar-refractivity contribution in [2.24, 2.45) is 0 Å². The first-order chi connectivity index (χ1) is 14.1. The monoisotopic (exact) mass is 395 g/mol. The molecule has 0 fully saturated rings. The smallest absolute Gasteiger partial charge is 0.344 e. The maximum absolute atomic E-state index is 13.0. The molecule has 0 saturated carbocycles. The molecule has 7 heteroatoms. The number of hydrogen-bond donors (Lipinski definition) is 1. The number of halogens is 1. The highest BCUT2D eigenvalue weighted by Gasteiger charge is 2.09. The molecule has 0 radical (unpaired) electrons. The number of nitrogens with one attached hydrogen (secondary N) is 1. The Hall–Kier alpha value is -3.87. The van der Waals surface area contributed by atoms with E-state index >= 15 is 0 Å². The number of benzene rings is 3. The third-order valence-electron chi connectivity index (χ3n) is 3.63. The number of carbonyl (C=O) groups is 2. The van der Waals surface area contributed by atoms with Crippen LogP contribution in [0.4, 0.5) is 10.1 Å². The fourth-order valence-corrected chi connectivity index (χ4v) is 2.31. The van der Waals surface area contributed by atoms with Crippen LogP contribution in [0.2, 0.25) is 0 Å². The van der Waals surface area contributed by atoms with Gasteiger partial charge in [0, 0.05) is 11.8 Å². The highest BCUT2D eigenvalue weighted by Crippen LogP contribution is 2.22. The van der Waals surface area contributed by atoms with E-state index in [1.54, 1.807) is 24.3 Å². The lowest BCUT2D eigenvalue weighted by atomic mass is 10.3. The standard InChI is InChI=1S/C22H18FNO5/c23-16-5-4-8-20(13-16)27-15-22(26)28-14-21(25)24-17-9-11-19(12-10-17)29-18-6-2-1-3-7-18/h1-13H,14-15H2,(H,24,25). The van der Waals surface area contributed by atoms with Crippen molar-refractivity contribution in [3.8, 4) is 17.2 Å². The minimum Gasteiger partial charge on any atom is -0.482 e. The van der Waals surface area contributed by atoms with E-state index in [0.717, 1.165) is 6.07 Å². The summed E-state index contributed by atoms with van der Waals surface area (Å²) >= 11 is 0. The van der Waals surface area contributed by atoms with E-state index in [-0.39, 0.29) is 5.75 Å². The fourth-order valence-electron chi connectivity index (χ4n) is 2.31. The molecule has 3 aromatic rings. The van der Waals surface area contributed by atoms with Crippen LogP contribution in [0.5, 0.6) is 17.2 Å². The van der Waals surface area contributed by atoms with Crippen LogP contribution in [0.15, 0.2) is 78.9 Å². The van der Waals surface area contributed by atoms with Gasteiger partial charge in [-0.25, -0.2) is 9.18 Å². The molecule has 1 amide bonds. The highest BCUT2D eigenvalue weighted by atomic mass is 19.1. The molecule has 0 saturated heterocycles. The quantitative estimate of drug-likeness (QED) is 0.579. The number of esters is 1. The Labute approximate surface area is 166 Å². The van der Waals surface area contributed by atoms with Crippen LogP contribution in [0.3, 0.4) is 0 Å². The Balaban J connectivity index is 1.40. The summed E-state index contributed by atoms with van der Waals surface area (Å²) in [4.78, 5) is 23.5. The first-order valence-corrected chi connectivity index (χ1v) is 8.75. The molecule has 3 rings (SSSR count). The Morgan fingerprint density at radius 1 is 0.793 bits per heavy atom. The predicted molar refractivity (Wildman–Crippen MR) is 104 cm³/mol. The molecule has 0 unspecified atom stereocenters. The Bertz CT molecular complexity index is 960. The lowest BCUT2D eigenvalue weighted by Crippen LogP contribution is -2.23. The molecule has 0 aromatic heterocycles. The van der Waals surface area contributed by atoms with E-state index in [0.29, 0.717) is 17.2 Å². The number of hydrogen-bond acceptors (Lipinski definition) is 5. The number of para-hydroxylation sites is 1. The van der Waals surface area contributed by atoms with Crippen molar-refractivity contribution >= 4 is 17.6 Å². The van der Waals surface area contributed by atoms with E-state index in [1.165, 1.54) is 18.2 Å². The molecular weight excluding hydrogens is 377 g/mol. The van der Waals surface area contributed by atoms with Crippen molar-refractivity contribution < 1.29 is 28.2 Å². The van der Waals surface area contributed by atoms with Gasteiger partial charge in [0.1, 0.15) is 23.1 Å². The minimum absolute atomic E-state index is 0.198. The van der Waals surface area contributed by atoms with Gasteiger partial charge in [-0.2, -0.15) is 0 Å². The molecule has 29 heavy (non-hydrogen) atoms. The van der Waals surface area contributed by atoms with Crippen LogP contribution >= 0.6 is 0 Å². The molecular formula is C22H18FNO5. The number of rotatable bonds is 8. The van der Waals surface area contributed by atoms with Crippen LogP contribution in [0, 0.1) is 5.82 Å². The summed E-state index contributed by atoms with van der Waals surface area (Å²) < 4.78 is 28.6. The summed E-state index contributed by atoms with van der Waals surface area (Å²) in [6.07, 6.45) is 0. The zero-order valence-corrected chi connectivity index (χ0v) is 15.3. The van der Waals surface area contributed by atoms with Crippen LogP contribution in [0.1, 0.15) is 0 Å². The first kappa shape index (κ1) is 19.9. The van der Waals surface area contributed by atoms with Crippen LogP contribution in [0.25, 0.3) is 0 Å². The Kier molecular flexibility index (Phi) is 6.78. The van der Waals surface area contributed by atoms with Crippen molar-refractivity contribution in [3.05, 3.63) is 84.7 Å². The molecule has 0 aliphatic carbocycles. The summed E-state index contributed by atoms with van der Waals surface area (Å²) in [6, 6.07) is 21.4. The fraction of sp³-hybridized carbons (Fsp3) is 0.0909. The molecule has 0 bridgehead atoms. The molecule has 0 heterocycles. The Morgan fingerprint density at radius 3 is 2.21 bits per heavy atom. The molecule has 1 N–H and O–H groups in total. The van der Waals surface area contributed by atoms with Gasteiger partial charge in [0.15, 0.2) is 13.2 Å². The van der Waals surface area contributed by atoms with Gasteiger partial charge < -0.3 is 19.5 Å². The minimum atomic E-state index is -0.740. The maximum atomic E-state index is 13.0. The Morgan fingerprint density at radius 2 is 1.48 bits per heavy atom. The SMILES string of the molecule is O=C(COC(=O)COc1cccc(F)c1)Nc1ccc(Oc2ccccc2)cc1. The second-order valence-electron chi connectivity index (χ2n) is 5.89. The second-order valence-corrected chi connectivity index (χ2v) is 5.89. The third-order valence-corrected chi connectivity index (χ3v) is 3.63. The number of carbonyl (C=O) groups excluding carboxylic acids is 2. The molecule has 0 spiro atoms. The summed E-state index contributed by atoms with van der Waals surface area (Å²) in [5, 5.41) is 2.61. The summed E-state index contributed by atoms with van der Waals surface area (Å²) in [5.74, 6) is -0.191. The zero-order chi connectivity index (χ0) is 20.5. The predicted octanol–water partition coefficient (Wildman–Crippen LogP) is 4.18. The van der Waals surface area contributed by atoms with Crippen molar-refractivity contribution in [2.45, 2.75) is 0 Å².